The summed E-state index contributed by atoms with van der Waals surface area (Å²) >= 11 is 0. The topological polar surface area (TPSA) is 52.5 Å². The molecule has 0 saturated heterocycles. The summed E-state index contributed by atoms with van der Waals surface area (Å²) in [6.45, 7) is 4.07. The van der Waals surface area contributed by atoms with E-state index in [1.54, 1.807) is 0 Å². The maximum atomic E-state index is 9.58. The summed E-state index contributed by atoms with van der Waals surface area (Å²) in [5.41, 5.74) is 0.629. The van der Waals surface area contributed by atoms with Crippen LogP contribution >= 0.6 is 0 Å². The lowest BCUT2D eigenvalue weighted by Gasteiger charge is -2.35. The Balaban J connectivity index is 2.85. The first-order chi connectivity index (χ1) is 9.21. The minimum Gasteiger partial charge on any atom is -0.394 e. The van der Waals surface area contributed by atoms with Gasteiger partial charge in [0, 0.05) is 6.04 Å². The van der Waals surface area contributed by atoms with E-state index in [0.29, 0.717) is 6.42 Å². The average molecular weight is 265 g/mol. The summed E-state index contributed by atoms with van der Waals surface area (Å²) in [6.07, 6.45) is 3.99. The van der Waals surface area contributed by atoms with Crippen molar-refractivity contribution in [2.75, 3.05) is 13.2 Å². The number of aliphatic hydroxyl groups excluding tert-OH is 2. The van der Waals surface area contributed by atoms with Crippen LogP contribution in [0.1, 0.15) is 51.1 Å². The quantitative estimate of drug-likeness (QED) is 0.643. The summed E-state index contributed by atoms with van der Waals surface area (Å²) in [5, 5.41) is 22.6. The fourth-order valence-corrected chi connectivity index (χ4v) is 2.25. The molecule has 0 aliphatic heterocycles. The van der Waals surface area contributed by atoms with Crippen molar-refractivity contribution in [1.82, 2.24) is 5.32 Å². The van der Waals surface area contributed by atoms with Crippen LogP contribution in [0.25, 0.3) is 0 Å². The summed E-state index contributed by atoms with van der Waals surface area (Å²) in [7, 11) is 0. The van der Waals surface area contributed by atoms with E-state index in [1.165, 1.54) is 5.56 Å². The van der Waals surface area contributed by atoms with Gasteiger partial charge in [0.25, 0.3) is 0 Å². The Bertz CT molecular complexity index is 328. The van der Waals surface area contributed by atoms with E-state index >= 15 is 0 Å². The van der Waals surface area contributed by atoms with Gasteiger partial charge in [-0.25, -0.2) is 0 Å². The molecule has 1 aromatic carbocycles. The van der Waals surface area contributed by atoms with E-state index < -0.39 is 5.54 Å². The highest BCUT2D eigenvalue weighted by Crippen LogP contribution is 2.23. The second-order valence-corrected chi connectivity index (χ2v) is 5.20. The van der Waals surface area contributed by atoms with Gasteiger partial charge in [-0.15, -0.1) is 0 Å². The second-order valence-electron chi connectivity index (χ2n) is 5.20. The number of aliphatic hydroxyl groups is 2. The molecule has 3 N–H and O–H groups in total. The number of hydrogen-bond acceptors (Lipinski definition) is 3. The maximum absolute atomic E-state index is 9.58. The molecule has 0 amide bonds. The van der Waals surface area contributed by atoms with Crippen molar-refractivity contribution >= 4 is 0 Å². The second kappa shape index (κ2) is 8.31. The van der Waals surface area contributed by atoms with E-state index in [4.69, 9.17) is 0 Å². The molecule has 0 fully saturated rings. The van der Waals surface area contributed by atoms with Crippen molar-refractivity contribution in [2.45, 2.75) is 51.1 Å². The number of hydrogen-bond donors (Lipinski definition) is 3. The molecule has 0 spiro atoms. The van der Waals surface area contributed by atoms with Gasteiger partial charge in [-0.05, 0) is 18.4 Å². The van der Waals surface area contributed by atoms with Crippen LogP contribution in [0.2, 0.25) is 0 Å². The van der Waals surface area contributed by atoms with Gasteiger partial charge in [0.15, 0.2) is 0 Å². The molecule has 0 aliphatic carbocycles. The molecule has 0 radical (unpaired) electrons. The smallest absolute Gasteiger partial charge is 0.0650 e. The summed E-state index contributed by atoms with van der Waals surface area (Å²) < 4.78 is 0. The normalized spacial score (nSPS) is 13.5. The first kappa shape index (κ1) is 16.2. The van der Waals surface area contributed by atoms with Crippen molar-refractivity contribution in [3.63, 3.8) is 0 Å². The molecule has 1 atom stereocenters. The van der Waals surface area contributed by atoms with Gasteiger partial charge in [0.05, 0.1) is 18.8 Å². The van der Waals surface area contributed by atoms with Gasteiger partial charge < -0.3 is 15.5 Å². The number of nitrogens with one attached hydrogen (secondary N) is 1. The Labute approximate surface area is 116 Å². The molecule has 108 valence electrons. The molecule has 19 heavy (non-hydrogen) atoms. The van der Waals surface area contributed by atoms with Crippen molar-refractivity contribution in [1.29, 1.82) is 0 Å². The van der Waals surface area contributed by atoms with Crippen LogP contribution in [0.15, 0.2) is 30.3 Å². The van der Waals surface area contributed by atoms with Crippen molar-refractivity contribution in [3.8, 4) is 0 Å². The fourth-order valence-electron chi connectivity index (χ4n) is 2.25. The lowest BCUT2D eigenvalue weighted by atomic mass is 9.93. The monoisotopic (exact) mass is 265 g/mol. The summed E-state index contributed by atoms with van der Waals surface area (Å²) in [4.78, 5) is 0. The lowest BCUT2D eigenvalue weighted by Crippen LogP contribution is -2.52. The first-order valence-corrected chi connectivity index (χ1v) is 7.25. The predicted octanol–water partition coefficient (Wildman–Crippen LogP) is 2.64. The average Bonchev–Trinajstić information content (AvgIpc) is 2.49. The Hall–Kier alpha value is -0.900. The lowest BCUT2D eigenvalue weighted by molar-refractivity contribution is 0.0759. The van der Waals surface area contributed by atoms with Crippen molar-refractivity contribution in [3.05, 3.63) is 35.9 Å². The molecular weight excluding hydrogens is 238 g/mol. The van der Waals surface area contributed by atoms with Crippen LogP contribution in [-0.4, -0.2) is 29.0 Å². The Kier molecular flexibility index (Phi) is 7.06. The molecule has 0 aliphatic rings. The molecule has 3 heteroatoms. The van der Waals surface area contributed by atoms with Gasteiger partial charge in [-0.1, -0.05) is 57.0 Å². The highest BCUT2D eigenvalue weighted by atomic mass is 16.3. The van der Waals surface area contributed by atoms with Gasteiger partial charge in [0.1, 0.15) is 0 Å². The van der Waals surface area contributed by atoms with Crippen LogP contribution in [0.5, 0.6) is 0 Å². The number of rotatable bonds is 9. The maximum Gasteiger partial charge on any atom is 0.0650 e. The van der Waals surface area contributed by atoms with Gasteiger partial charge >= 0.3 is 0 Å². The molecule has 0 saturated carbocycles. The van der Waals surface area contributed by atoms with Crippen LogP contribution in [0, 0.1) is 0 Å². The zero-order chi connectivity index (χ0) is 14.1. The summed E-state index contributed by atoms with van der Waals surface area (Å²) in [6, 6.07) is 10.4. The summed E-state index contributed by atoms with van der Waals surface area (Å²) in [5.74, 6) is 0. The third kappa shape index (κ3) is 4.60. The zero-order valence-corrected chi connectivity index (χ0v) is 12.1. The van der Waals surface area contributed by atoms with Crippen LogP contribution < -0.4 is 5.32 Å². The predicted molar refractivity (Wildman–Crippen MR) is 79.0 cm³/mol. The molecule has 0 bridgehead atoms. The number of unbranched alkanes of at least 4 members (excludes halogenated alkanes) is 1. The highest BCUT2D eigenvalue weighted by molar-refractivity contribution is 5.19. The Morgan fingerprint density at radius 2 is 1.74 bits per heavy atom. The van der Waals surface area contributed by atoms with E-state index in [-0.39, 0.29) is 19.3 Å². The minimum absolute atomic E-state index is 0.0462. The van der Waals surface area contributed by atoms with E-state index in [0.717, 1.165) is 19.3 Å². The molecule has 1 rings (SSSR count). The standard InChI is InChI=1S/C16H27NO2/c1-3-5-11-15(14-9-7-6-8-10-14)17-16(4-2,12-18)13-19/h6-10,15,17-19H,3-5,11-13H2,1-2H3. The highest BCUT2D eigenvalue weighted by Gasteiger charge is 2.29. The third-order valence-corrected chi connectivity index (χ3v) is 3.81. The van der Waals surface area contributed by atoms with E-state index in [9.17, 15) is 10.2 Å². The van der Waals surface area contributed by atoms with Crippen molar-refractivity contribution < 1.29 is 10.2 Å². The first-order valence-electron chi connectivity index (χ1n) is 7.25. The van der Waals surface area contributed by atoms with Gasteiger partial charge in [-0.2, -0.15) is 0 Å². The minimum atomic E-state index is -0.589. The molecule has 0 aromatic heterocycles. The van der Waals surface area contributed by atoms with Crippen LogP contribution in [0.4, 0.5) is 0 Å². The number of benzene rings is 1. The third-order valence-electron chi connectivity index (χ3n) is 3.81. The zero-order valence-electron chi connectivity index (χ0n) is 12.1. The van der Waals surface area contributed by atoms with E-state index in [2.05, 4.69) is 24.4 Å². The molecular formula is C16H27NO2. The SMILES string of the molecule is CCCCC(NC(CC)(CO)CO)c1ccccc1. The molecule has 3 nitrogen and oxygen atoms in total. The van der Waals surface area contributed by atoms with Gasteiger partial charge in [-0.3, -0.25) is 0 Å². The van der Waals surface area contributed by atoms with Crippen molar-refractivity contribution in [2.24, 2.45) is 0 Å². The van der Waals surface area contributed by atoms with E-state index in [1.807, 2.05) is 25.1 Å². The van der Waals surface area contributed by atoms with Crippen LogP contribution in [-0.2, 0) is 0 Å². The molecule has 1 unspecified atom stereocenters. The Morgan fingerprint density at radius 1 is 1.11 bits per heavy atom. The molecule has 1 aromatic rings. The largest absolute Gasteiger partial charge is 0.394 e. The molecule has 0 heterocycles. The Morgan fingerprint density at radius 3 is 2.21 bits per heavy atom. The fraction of sp³-hybridized carbons (Fsp3) is 0.625. The van der Waals surface area contributed by atoms with Gasteiger partial charge in [0.2, 0.25) is 0 Å². The van der Waals surface area contributed by atoms with Crippen LogP contribution in [0.3, 0.4) is 0 Å².